The number of nitrogens with one attached hydrogen (secondary N) is 1. The Morgan fingerprint density at radius 1 is 1.28 bits per heavy atom. The molecule has 0 radical (unpaired) electrons. The van der Waals surface area contributed by atoms with Crippen LogP contribution in [0.1, 0.15) is 31.1 Å². The van der Waals surface area contributed by atoms with Crippen molar-refractivity contribution in [1.82, 2.24) is 0 Å². The number of hydrogen-bond acceptors (Lipinski definition) is 3. The summed E-state index contributed by atoms with van der Waals surface area (Å²) < 4.78 is 0. The lowest BCUT2D eigenvalue weighted by Gasteiger charge is -2.25. The molecule has 4 heteroatoms. The van der Waals surface area contributed by atoms with E-state index in [0.717, 1.165) is 18.8 Å². The first-order valence-electron chi connectivity index (χ1n) is 6.27. The number of carbonyl (C=O) groups is 2. The van der Waals surface area contributed by atoms with Crippen LogP contribution in [-0.4, -0.2) is 24.8 Å². The number of ketones is 1. The van der Waals surface area contributed by atoms with Gasteiger partial charge in [-0.25, -0.2) is 0 Å². The van der Waals surface area contributed by atoms with Gasteiger partial charge in [-0.1, -0.05) is 13.8 Å². The van der Waals surface area contributed by atoms with E-state index in [4.69, 9.17) is 0 Å². The third-order valence-corrected chi connectivity index (χ3v) is 3.03. The van der Waals surface area contributed by atoms with Crippen LogP contribution >= 0.6 is 0 Å². The van der Waals surface area contributed by atoms with Crippen LogP contribution in [0.5, 0.6) is 0 Å². The third kappa shape index (κ3) is 2.23. The molecule has 0 spiro atoms. The Balaban J connectivity index is 2.29. The highest BCUT2D eigenvalue weighted by molar-refractivity contribution is 6.51. The van der Waals surface area contributed by atoms with Crippen LogP contribution in [0.4, 0.5) is 11.4 Å². The summed E-state index contributed by atoms with van der Waals surface area (Å²) in [6, 6.07) is 5.51. The number of hydrogen-bond donors (Lipinski definition) is 1. The van der Waals surface area contributed by atoms with Crippen LogP contribution in [0.25, 0.3) is 0 Å². The first-order chi connectivity index (χ1) is 8.52. The molecule has 1 amide bonds. The minimum absolute atomic E-state index is 0.441. The number of fused-ring (bicyclic) bond motifs is 1. The Labute approximate surface area is 107 Å². The van der Waals surface area contributed by atoms with E-state index in [1.165, 1.54) is 0 Å². The molecule has 0 saturated carbocycles. The molecule has 96 valence electrons. The molecule has 1 N–H and O–H groups in total. The number of amides is 1. The zero-order valence-corrected chi connectivity index (χ0v) is 11.0. The number of Topliss-reactive ketones (excluding diaryl/α,β-unsaturated/α-hetero) is 1. The maximum atomic E-state index is 11.5. The molecule has 0 aromatic heterocycles. The molecule has 0 saturated heterocycles. The largest absolute Gasteiger partial charge is 0.371 e. The van der Waals surface area contributed by atoms with E-state index in [-0.39, 0.29) is 0 Å². The molecular weight excluding hydrogens is 228 g/mol. The quantitative estimate of drug-likeness (QED) is 0.829. The van der Waals surface area contributed by atoms with E-state index in [0.29, 0.717) is 17.2 Å². The SMILES string of the molecule is CCN(CC(C)C)c1ccc2c(c1)NC(=O)C2=O. The van der Waals surface area contributed by atoms with E-state index in [2.05, 4.69) is 31.0 Å². The smallest absolute Gasteiger partial charge is 0.296 e. The van der Waals surface area contributed by atoms with Crippen LogP contribution in [0.15, 0.2) is 18.2 Å². The molecule has 2 rings (SSSR count). The Kier molecular flexibility index (Phi) is 3.36. The van der Waals surface area contributed by atoms with Crippen molar-refractivity contribution in [3.05, 3.63) is 23.8 Å². The predicted octanol–water partition coefficient (Wildman–Crippen LogP) is 2.30. The summed E-state index contributed by atoms with van der Waals surface area (Å²) in [7, 11) is 0. The summed E-state index contributed by atoms with van der Waals surface area (Å²) in [6.45, 7) is 8.29. The van der Waals surface area contributed by atoms with Crippen molar-refractivity contribution in [3.8, 4) is 0 Å². The lowest BCUT2D eigenvalue weighted by atomic mass is 10.1. The van der Waals surface area contributed by atoms with Gasteiger partial charge in [-0.05, 0) is 31.0 Å². The van der Waals surface area contributed by atoms with Gasteiger partial charge in [0.25, 0.3) is 11.7 Å². The number of rotatable bonds is 4. The molecule has 0 fully saturated rings. The van der Waals surface area contributed by atoms with Gasteiger partial charge in [-0.3, -0.25) is 9.59 Å². The molecule has 0 unspecified atom stereocenters. The molecule has 18 heavy (non-hydrogen) atoms. The molecule has 1 heterocycles. The van der Waals surface area contributed by atoms with Gasteiger partial charge in [0, 0.05) is 18.8 Å². The average molecular weight is 246 g/mol. The van der Waals surface area contributed by atoms with Gasteiger partial charge in [0.2, 0.25) is 0 Å². The van der Waals surface area contributed by atoms with E-state index < -0.39 is 11.7 Å². The summed E-state index contributed by atoms with van der Waals surface area (Å²) in [6.07, 6.45) is 0. The minimum Gasteiger partial charge on any atom is -0.371 e. The summed E-state index contributed by atoms with van der Waals surface area (Å²) in [4.78, 5) is 25.0. The van der Waals surface area contributed by atoms with Crippen molar-refractivity contribution in [2.45, 2.75) is 20.8 Å². The van der Waals surface area contributed by atoms with Gasteiger partial charge >= 0.3 is 0 Å². The Bertz CT molecular complexity index is 495. The molecule has 1 aliphatic heterocycles. The minimum atomic E-state index is -0.533. The second-order valence-corrected chi connectivity index (χ2v) is 4.95. The van der Waals surface area contributed by atoms with Crippen molar-refractivity contribution in [1.29, 1.82) is 0 Å². The van der Waals surface area contributed by atoms with E-state index >= 15 is 0 Å². The summed E-state index contributed by atoms with van der Waals surface area (Å²) >= 11 is 0. The molecule has 1 aliphatic rings. The average Bonchev–Trinajstić information content (AvgIpc) is 2.61. The zero-order chi connectivity index (χ0) is 13.3. The van der Waals surface area contributed by atoms with Gasteiger partial charge in [0.1, 0.15) is 0 Å². The molecule has 1 aromatic carbocycles. The van der Waals surface area contributed by atoms with Gasteiger partial charge in [-0.2, -0.15) is 0 Å². The fraction of sp³-hybridized carbons (Fsp3) is 0.429. The third-order valence-electron chi connectivity index (χ3n) is 3.03. The first kappa shape index (κ1) is 12.6. The normalized spacial score (nSPS) is 13.8. The molecule has 0 aliphatic carbocycles. The van der Waals surface area contributed by atoms with E-state index in [1.54, 1.807) is 6.07 Å². The number of anilines is 2. The van der Waals surface area contributed by atoms with Crippen LogP contribution in [-0.2, 0) is 4.79 Å². The predicted molar refractivity (Wildman–Crippen MR) is 72.1 cm³/mol. The highest BCUT2D eigenvalue weighted by Crippen LogP contribution is 2.28. The number of benzene rings is 1. The van der Waals surface area contributed by atoms with Crippen molar-refractivity contribution >= 4 is 23.1 Å². The maximum Gasteiger partial charge on any atom is 0.296 e. The monoisotopic (exact) mass is 246 g/mol. The van der Waals surface area contributed by atoms with Crippen molar-refractivity contribution in [2.24, 2.45) is 5.92 Å². The van der Waals surface area contributed by atoms with Crippen LogP contribution in [0.2, 0.25) is 0 Å². The highest BCUT2D eigenvalue weighted by Gasteiger charge is 2.28. The van der Waals surface area contributed by atoms with E-state index in [1.807, 2.05) is 12.1 Å². The molecule has 4 nitrogen and oxygen atoms in total. The molecular formula is C14H18N2O2. The maximum absolute atomic E-state index is 11.5. The van der Waals surface area contributed by atoms with Gasteiger partial charge < -0.3 is 10.2 Å². The van der Waals surface area contributed by atoms with Crippen LogP contribution in [0, 0.1) is 5.92 Å². The summed E-state index contributed by atoms with van der Waals surface area (Å²) in [5.41, 5.74) is 2.15. The van der Waals surface area contributed by atoms with E-state index in [9.17, 15) is 9.59 Å². The number of nitrogens with zero attached hydrogens (tertiary/aromatic N) is 1. The second-order valence-electron chi connectivity index (χ2n) is 4.95. The zero-order valence-electron chi connectivity index (χ0n) is 11.0. The lowest BCUT2D eigenvalue weighted by Crippen LogP contribution is -2.27. The summed E-state index contributed by atoms with van der Waals surface area (Å²) in [5.74, 6) is -0.410. The molecule has 0 bridgehead atoms. The fourth-order valence-electron chi connectivity index (χ4n) is 2.19. The Hall–Kier alpha value is -1.84. The van der Waals surface area contributed by atoms with Gasteiger partial charge in [0.05, 0.1) is 11.3 Å². The number of carbonyl (C=O) groups excluding carboxylic acids is 2. The topological polar surface area (TPSA) is 49.4 Å². The van der Waals surface area contributed by atoms with Crippen molar-refractivity contribution < 1.29 is 9.59 Å². The van der Waals surface area contributed by atoms with Crippen molar-refractivity contribution in [2.75, 3.05) is 23.3 Å². The van der Waals surface area contributed by atoms with Crippen molar-refractivity contribution in [3.63, 3.8) is 0 Å². The Morgan fingerprint density at radius 2 is 2.00 bits per heavy atom. The van der Waals surface area contributed by atoms with Gasteiger partial charge in [-0.15, -0.1) is 0 Å². The fourth-order valence-corrected chi connectivity index (χ4v) is 2.19. The van der Waals surface area contributed by atoms with Crippen LogP contribution < -0.4 is 10.2 Å². The van der Waals surface area contributed by atoms with Gasteiger partial charge in [0.15, 0.2) is 0 Å². The second kappa shape index (κ2) is 4.80. The lowest BCUT2D eigenvalue weighted by molar-refractivity contribution is -0.112. The molecule has 1 aromatic rings. The first-order valence-corrected chi connectivity index (χ1v) is 6.27. The van der Waals surface area contributed by atoms with Crippen LogP contribution in [0.3, 0.4) is 0 Å². The Morgan fingerprint density at radius 3 is 2.61 bits per heavy atom. The standard InChI is InChI=1S/C14H18N2O2/c1-4-16(8-9(2)3)10-5-6-11-12(7-10)15-14(18)13(11)17/h5-7,9H,4,8H2,1-3H3,(H,15,17,18). The highest BCUT2D eigenvalue weighted by atomic mass is 16.2. The summed E-state index contributed by atoms with van der Waals surface area (Å²) in [5, 5.41) is 2.60. The molecule has 0 atom stereocenters.